The molecule has 0 spiro atoms. The Morgan fingerprint density at radius 1 is 0.862 bits per heavy atom. The molecule has 5 heteroatoms. The SMILES string of the molecule is COc1ccc(CC2C(=O)N(C(=O)c3ccc(OC)cc3)c3ccccc32)cc1. The van der Waals surface area contributed by atoms with Crippen molar-refractivity contribution in [3.05, 3.63) is 89.5 Å². The Labute approximate surface area is 169 Å². The normalized spacial score (nSPS) is 15.2. The average Bonchev–Trinajstić information content (AvgIpc) is 3.05. The molecule has 3 aromatic carbocycles. The number of carbonyl (C=O) groups excluding carboxylic acids is 2. The highest BCUT2D eigenvalue weighted by molar-refractivity contribution is 6.25. The van der Waals surface area contributed by atoms with Crippen molar-refractivity contribution in [1.29, 1.82) is 0 Å². The number of carbonyl (C=O) groups is 2. The van der Waals surface area contributed by atoms with Crippen molar-refractivity contribution in [1.82, 2.24) is 0 Å². The van der Waals surface area contributed by atoms with Crippen LogP contribution < -0.4 is 14.4 Å². The summed E-state index contributed by atoms with van der Waals surface area (Å²) in [6.45, 7) is 0. The van der Waals surface area contributed by atoms with Gasteiger partial charge in [0, 0.05) is 5.56 Å². The van der Waals surface area contributed by atoms with E-state index in [1.54, 1.807) is 38.5 Å². The number of imide groups is 1. The zero-order valence-electron chi connectivity index (χ0n) is 16.3. The molecule has 1 unspecified atom stereocenters. The summed E-state index contributed by atoms with van der Waals surface area (Å²) >= 11 is 0. The van der Waals surface area contributed by atoms with E-state index in [0.717, 1.165) is 16.9 Å². The molecule has 5 nitrogen and oxygen atoms in total. The van der Waals surface area contributed by atoms with Crippen molar-refractivity contribution in [2.45, 2.75) is 12.3 Å². The number of benzene rings is 3. The molecule has 146 valence electrons. The van der Waals surface area contributed by atoms with Gasteiger partial charge in [-0.1, -0.05) is 30.3 Å². The van der Waals surface area contributed by atoms with Crippen molar-refractivity contribution < 1.29 is 19.1 Å². The molecule has 2 amide bonds. The van der Waals surface area contributed by atoms with Crippen molar-refractivity contribution in [3.63, 3.8) is 0 Å². The predicted octanol–water partition coefficient (Wildman–Crippen LogP) is 4.22. The van der Waals surface area contributed by atoms with E-state index in [4.69, 9.17) is 9.47 Å². The quantitative estimate of drug-likeness (QED) is 0.615. The van der Waals surface area contributed by atoms with E-state index in [2.05, 4.69) is 0 Å². The number of hydrogen-bond donors (Lipinski definition) is 0. The lowest BCUT2D eigenvalue weighted by Gasteiger charge is -2.16. The third kappa shape index (κ3) is 3.47. The summed E-state index contributed by atoms with van der Waals surface area (Å²) in [6, 6.07) is 21.9. The molecule has 0 saturated carbocycles. The highest BCUT2D eigenvalue weighted by atomic mass is 16.5. The van der Waals surface area contributed by atoms with Gasteiger partial charge in [0.25, 0.3) is 5.91 Å². The van der Waals surface area contributed by atoms with Gasteiger partial charge >= 0.3 is 0 Å². The summed E-state index contributed by atoms with van der Waals surface area (Å²) in [6.07, 6.45) is 0.520. The van der Waals surface area contributed by atoms with Gasteiger partial charge < -0.3 is 9.47 Å². The Morgan fingerprint density at radius 3 is 2.07 bits per heavy atom. The number of anilines is 1. The van der Waals surface area contributed by atoms with E-state index in [1.807, 2.05) is 48.5 Å². The zero-order valence-corrected chi connectivity index (χ0v) is 16.3. The van der Waals surface area contributed by atoms with Crippen LogP contribution in [0.3, 0.4) is 0 Å². The van der Waals surface area contributed by atoms with Gasteiger partial charge in [-0.15, -0.1) is 0 Å². The van der Waals surface area contributed by atoms with E-state index in [1.165, 1.54) is 4.90 Å². The molecular weight excluding hydrogens is 366 g/mol. The van der Waals surface area contributed by atoms with Crippen LogP contribution >= 0.6 is 0 Å². The number of amides is 2. The molecule has 3 aromatic rings. The summed E-state index contributed by atoms with van der Waals surface area (Å²) in [5.41, 5.74) is 2.98. The molecule has 1 heterocycles. The van der Waals surface area contributed by atoms with Crippen LogP contribution in [-0.2, 0) is 11.2 Å². The molecule has 0 aliphatic carbocycles. The topological polar surface area (TPSA) is 55.8 Å². The summed E-state index contributed by atoms with van der Waals surface area (Å²) < 4.78 is 10.4. The smallest absolute Gasteiger partial charge is 0.265 e. The highest BCUT2D eigenvalue weighted by Gasteiger charge is 2.40. The minimum atomic E-state index is -0.401. The minimum Gasteiger partial charge on any atom is -0.497 e. The predicted molar refractivity (Wildman–Crippen MR) is 111 cm³/mol. The summed E-state index contributed by atoms with van der Waals surface area (Å²) in [5.74, 6) is 0.488. The van der Waals surface area contributed by atoms with Gasteiger partial charge in [0.05, 0.1) is 25.8 Å². The van der Waals surface area contributed by atoms with Crippen LogP contribution in [0.5, 0.6) is 11.5 Å². The monoisotopic (exact) mass is 387 g/mol. The Morgan fingerprint density at radius 2 is 1.45 bits per heavy atom. The van der Waals surface area contributed by atoms with E-state index in [9.17, 15) is 9.59 Å². The number of para-hydroxylation sites is 1. The van der Waals surface area contributed by atoms with E-state index < -0.39 is 5.92 Å². The van der Waals surface area contributed by atoms with Crippen LogP contribution in [0.25, 0.3) is 0 Å². The van der Waals surface area contributed by atoms with Gasteiger partial charge in [-0.2, -0.15) is 0 Å². The highest BCUT2D eigenvalue weighted by Crippen LogP contribution is 2.40. The van der Waals surface area contributed by atoms with Gasteiger partial charge in [0.1, 0.15) is 11.5 Å². The first-order chi connectivity index (χ1) is 14.1. The number of methoxy groups -OCH3 is 2. The maximum Gasteiger partial charge on any atom is 0.265 e. The standard InChI is InChI=1S/C24H21NO4/c1-28-18-11-7-16(8-12-18)15-21-20-5-3-4-6-22(20)25(24(21)27)23(26)17-9-13-19(29-2)14-10-17/h3-14,21H,15H2,1-2H3. The molecule has 0 aromatic heterocycles. The lowest BCUT2D eigenvalue weighted by atomic mass is 9.93. The largest absolute Gasteiger partial charge is 0.497 e. The molecule has 0 bridgehead atoms. The number of fused-ring (bicyclic) bond motifs is 1. The van der Waals surface area contributed by atoms with Gasteiger partial charge in [-0.3, -0.25) is 9.59 Å². The molecule has 0 radical (unpaired) electrons. The lowest BCUT2D eigenvalue weighted by molar-refractivity contribution is -0.118. The van der Waals surface area contributed by atoms with Crippen LogP contribution in [0.15, 0.2) is 72.8 Å². The molecular formula is C24H21NO4. The number of ether oxygens (including phenoxy) is 2. The fourth-order valence-corrected chi connectivity index (χ4v) is 3.66. The first-order valence-corrected chi connectivity index (χ1v) is 9.36. The van der Waals surface area contributed by atoms with Gasteiger partial charge in [-0.05, 0) is 60.0 Å². The number of hydrogen-bond acceptors (Lipinski definition) is 4. The second-order valence-corrected chi connectivity index (χ2v) is 6.87. The van der Waals surface area contributed by atoms with Crippen molar-refractivity contribution in [2.75, 3.05) is 19.1 Å². The van der Waals surface area contributed by atoms with E-state index in [0.29, 0.717) is 23.4 Å². The fourth-order valence-electron chi connectivity index (χ4n) is 3.66. The third-order valence-electron chi connectivity index (χ3n) is 5.21. The van der Waals surface area contributed by atoms with Crippen LogP contribution in [0, 0.1) is 0 Å². The van der Waals surface area contributed by atoms with Gasteiger partial charge in [-0.25, -0.2) is 4.90 Å². The van der Waals surface area contributed by atoms with Crippen LogP contribution in [0.2, 0.25) is 0 Å². The second-order valence-electron chi connectivity index (χ2n) is 6.87. The Balaban J connectivity index is 1.65. The Bertz CT molecular complexity index is 1040. The van der Waals surface area contributed by atoms with Crippen molar-refractivity contribution in [2.24, 2.45) is 0 Å². The van der Waals surface area contributed by atoms with Gasteiger partial charge in [0.15, 0.2) is 0 Å². The first kappa shape index (κ1) is 18.7. The second kappa shape index (κ2) is 7.80. The van der Waals surface area contributed by atoms with Crippen LogP contribution in [0.1, 0.15) is 27.4 Å². The summed E-state index contributed by atoms with van der Waals surface area (Å²) in [4.78, 5) is 27.7. The van der Waals surface area contributed by atoms with Crippen molar-refractivity contribution >= 4 is 17.5 Å². The number of rotatable bonds is 5. The third-order valence-corrected chi connectivity index (χ3v) is 5.21. The molecule has 29 heavy (non-hydrogen) atoms. The molecule has 1 atom stereocenters. The van der Waals surface area contributed by atoms with Crippen LogP contribution in [0.4, 0.5) is 5.69 Å². The van der Waals surface area contributed by atoms with E-state index >= 15 is 0 Å². The number of nitrogens with zero attached hydrogens (tertiary/aromatic N) is 1. The lowest BCUT2D eigenvalue weighted by Crippen LogP contribution is -2.35. The molecule has 0 saturated heterocycles. The van der Waals surface area contributed by atoms with E-state index in [-0.39, 0.29) is 11.8 Å². The minimum absolute atomic E-state index is 0.206. The molecule has 4 rings (SSSR count). The fraction of sp³-hybridized carbons (Fsp3) is 0.167. The molecule has 0 fully saturated rings. The molecule has 1 aliphatic heterocycles. The maximum absolute atomic E-state index is 13.3. The molecule has 1 aliphatic rings. The van der Waals surface area contributed by atoms with Crippen LogP contribution in [-0.4, -0.2) is 26.0 Å². The maximum atomic E-state index is 13.3. The summed E-state index contributed by atoms with van der Waals surface area (Å²) in [7, 11) is 3.19. The molecule has 0 N–H and O–H groups in total. The van der Waals surface area contributed by atoms with Crippen molar-refractivity contribution in [3.8, 4) is 11.5 Å². The first-order valence-electron chi connectivity index (χ1n) is 9.36. The summed E-state index contributed by atoms with van der Waals surface area (Å²) in [5, 5.41) is 0. The Kier molecular flexibility index (Phi) is 5.04. The zero-order chi connectivity index (χ0) is 20.4. The Hall–Kier alpha value is -3.60. The van der Waals surface area contributed by atoms with Gasteiger partial charge in [0.2, 0.25) is 5.91 Å². The average molecular weight is 387 g/mol.